The number of rotatable bonds is 3. The minimum absolute atomic E-state index is 0.0932. The number of aryl methyl sites for hydroxylation is 2. The molecule has 0 aliphatic heterocycles. The van der Waals surface area contributed by atoms with E-state index in [0.29, 0.717) is 5.56 Å². The van der Waals surface area contributed by atoms with Gasteiger partial charge in [-0.25, -0.2) is 4.98 Å². The molecule has 1 heterocycles. The molecule has 1 aromatic heterocycles. The van der Waals surface area contributed by atoms with Crippen molar-refractivity contribution in [2.45, 2.75) is 13.8 Å². The number of hydrogen-bond acceptors (Lipinski definition) is 4. The standard InChI is InChI=1S/C17H13ClN2O2S/c1-10-7-14-16(8-11(10)2)23-17(19-14)6-4-12-3-5-13(18)15(9-12)20(21)22/h3-9H,1-2H3/b6-4+. The molecule has 0 aliphatic carbocycles. The number of thiazole rings is 1. The lowest BCUT2D eigenvalue weighted by atomic mass is 10.1. The first-order valence-corrected chi connectivity index (χ1v) is 8.13. The van der Waals surface area contributed by atoms with E-state index in [2.05, 4.69) is 31.0 Å². The van der Waals surface area contributed by atoms with E-state index in [1.807, 2.05) is 6.08 Å². The van der Waals surface area contributed by atoms with Gasteiger partial charge in [-0.3, -0.25) is 10.1 Å². The van der Waals surface area contributed by atoms with Crippen LogP contribution in [0.4, 0.5) is 5.69 Å². The number of halogens is 1. The monoisotopic (exact) mass is 344 g/mol. The molecule has 0 saturated heterocycles. The molecule has 0 amide bonds. The third kappa shape index (κ3) is 3.25. The Morgan fingerprint density at radius 3 is 2.65 bits per heavy atom. The summed E-state index contributed by atoms with van der Waals surface area (Å²) in [4.78, 5) is 15.0. The lowest BCUT2D eigenvalue weighted by Gasteiger charge is -1.97. The second-order valence-electron chi connectivity index (χ2n) is 5.26. The van der Waals surface area contributed by atoms with Gasteiger partial charge in [-0.2, -0.15) is 0 Å². The number of nitro groups is 1. The molecule has 3 aromatic rings. The first-order chi connectivity index (χ1) is 10.9. The van der Waals surface area contributed by atoms with E-state index in [-0.39, 0.29) is 10.7 Å². The Balaban J connectivity index is 1.94. The minimum Gasteiger partial charge on any atom is -0.258 e. The van der Waals surface area contributed by atoms with Crippen molar-refractivity contribution in [1.82, 2.24) is 4.98 Å². The SMILES string of the molecule is Cc1cc2nc(/C=C/c3ccc(Cl)c([N+](=O)[O-])c3)sc2cc1C. The summed E-state index contributed by atoms with van der Waals surface area (Å²) in [6.07, 6.45) is 3.67. The van der Waals surface area contributed by atoms with Gasteiger partial charge in [0.15, 0.2) is 0 Å². The minimum atomic E-state index is -0.483. The average Bonchev–Trinajstić information content (AvgIpc) is 2.88. The highest BCUT2D eigenvalue weighted by atomic mass is 35.5. The summed E-state index contributed by atoms with van der Waals surface area (Å²) < 4.78 is 1.13. The Hall–Kier alpha value is -2.24. The van der Waals surface area contributed by atoms with Gasteiger partial charge >= 0.3 is 0 Å². The molecule has 0 bridgehead atoms. The molecular formula is C17H13ClN2O2S. The summed E-state index contributed by atoms with van der Waals surface area (Å²) >= 11 is 7.41. The fraction of sp³-hybridized carbons (Fsp3) is 0.118. The average molecular weight is 345 g/mol. The molecule has 0 N–H and O–H groups in total. The summed E-state index contributed by atoms with van der Waals surface area (Å²) in [6, 6.07) is 8.94. The number of fused-ring (bicyclic) bond motifs is 1. The van der Waals surface area contributed by atoms with Crippen molar-refractivity contribution in [3.05, 3.63) is 67.2 Å². The highest BCUT2D eigenvalue weighted by molar-refractivity contribution is 7.19. The molecule has 2 aromatic carbocycles. The molecule has 23 heavy (non-hydrogen) atoms. The fourth-order valence-corrected chi connectivity index (χ4v) is 3.35. The third-order valence-electron chi connectivity index (χ3n) is 3.61. The molecule has 6 heteroatoms. The van der Waals surface area contributed by atoms with Crippen molar-refractivity contribution < 1.29 is 4.92 Å². The van der Waals surface area contributed by atoms with Crippen LogP contribution in [-0.4, -0.2) is 9.91 Å². The van der Waals surface area contributed by atoms with Crippen LogP contribution >= 0.6 is 22.9 Å². The van der Waals surface area contributed by atoms with Gasteiger partial charge in [-0.1, -0.05) is 23.7 Å². The van der Waals surface area contributed by atoms with Gasteiger partial charge in [-0.15, -0.1) is 11.3 Å². The Morgan fingerprint density at radius 1 is 1.17 bits per heavy atom. The van der Waals surface area contributed by atoms with Crippen LogP contribution in [0.2, 0.25) is 5.02 Å². The largest absolute Gasteiger partial charge is 0.288 e. The summed E-state index contributed by atoms with van der Waals surface area (Å²) in [7, 11) is 0. The highest BCUT2D eigenvalue weighted by Gasteiger charge is 2.11. The molecule has 0 atom stereocenters. The van der Waals surface area contributed by atoms with Gasteiger partial charge < -0.3 is 0 Å². The maximum Gasteiger partial charge on any atom is 0.288 e. The summed E-state index contributed by atoms with van der Waals surface area (Å²) in [5.41, 5.74) is 4.05. The first kappa shape index (κ1) is 15.6. The maximum absolute atomic E-state index is 10.9. The highest BCUT2D eigenvalue weighted by Crippen LogP contribution is 2.28. The predicted molar refractivity (Wildman–Crippen MR) is 96.1 cm³/mol. The zero-order valence-electron chi connectivity index (χ0n) is 12.5. The summed E-state index contributed by atoms with van der Waals surface area (Å²) in [6.45, 7) is 4.15. The number of nitro benzene ring substituents is 1. The number of nitrogens with zero attached hydrogens (tertiary/aromatic N) is 2. The number of benzene rings is 2. The Morgan fingerprint density at radius 2 is 1.91 bits per heavy atom. The second kappa shape index (κ2) is 6.10. The number of hydrogen-bond donors (Lipinski definition) is 0. The van der Waals surface area contributed by atoms with Crippen molar-refractivity contribution >= 4 is 51.0 Å². The van der Waals surface area contributed by atoms with Gasteiger partial charge in [-0.05, 0) is 54.8 Å². The first-order valence-electron chi connectivity index (χ1n) is 6.94. The van der Waals surface area contributed by atoms with Gasteiger partial charge in [0, 0.05) is 6.07 Å². The molecule has 4 nitrogen and oxygen atoms in total. The van der Waals surface area contributed by atoms with Crippen molar-refractivity contribution in [2.75, 3.05) is 0 Å². The molecule has 3 rings (SSSR count). The van der Waals surface area contributed by atoms with Crippen molar-refractivity contribution in [3.8, 4) is 0 Å². The Bertz CT molecular complexity index is 908. The molecular weight excluding hydrogens is 332 g/mol. The van der Waals surface area contributed by atoms with Gasteiger partial charge in [0.25, 0.3) is 5.69 Å². The van der Waals surface area contributed by atoms with Crippen molar-refractivity contribution in [3.63, 3.8) is 0 Å². The third-order valence-corrected chi connectivity index (χ3v) is 4.91. The zero-order valence-corrected chi connectivity index (χ0v) is 14.1. The summed E-state index contributed by atoms with van der Waals surface area (Å²) in [5, 5.41) is 11.9. The molecule has 0 fully saturated rings. The summed E-state index contributed by atoms with van der Waals surface area (Å²) in [5.74, 6) is 0. The van der Waals surface area contributed by atoms with Crippen LogP contribution in [0.5, 0.6) is 0 Å². The topological polar surface area (TPSA) is 56.0 Å². The Labute approximate surface area is 142 Å². The molecule has 0 unspecified atom stereocenters. The van der Waals surface area contributed by atoms with Crippen LogP contribution in [0.15, 0.2) is 30.3 Å². The van der Waals surface area contributed by atoms with Crippen molar-refractivity contribution in [2.24, 2.45) is 0 Å². The van der Waals surface area contributed by atoms with E-state index in [1.165, 1.54) is 23.3 Å². The quantitative estimate of drug-likeness (QED) is 0.456. The van der Waals surface area contributed by atoms with Crippen LogP contribution in [0.3, 0.4) is 0 Å². The van der Waals surface area contributed by atoms with E-state index in [1.54, 1.807) is 23.5 Å². The molecule has 0 radical (unpaired) electrons. The van der Waals surface area contributed by atoms with E-state index in [4.69, 9.17) is 11.6 Å². The number of aromatic nitrogens is 1. The molecule has 0 aliphatic rings. The Kier molecular flexibility index (Phi) is 4.15. The van der Waals surface area contributed by atoms with E-state index < -0.39 is 4.92 Å². The molecule has 0 spiro atoms. The fourth-order valence-electron chi connectivity index (χ4n) is 2.21. The van der Waals surface area contributed by atoms with Gasteiger partial charge in [0.2, 0.25) is 0 Å². The van der Waals surface area contributed by atoms with Crippen LogP contribution in [0.1, 0.15) is 21.7 Å². The maximum atomic E-state index is 10.9. The predicted octanol–water partition coefficient (Wildman–Crippen LogP) is 5.65. The lowest BCUT2D eigenvalue weighted by Crippen LogP contribution is -1.89. The van der Waals surface area contributed by atoms with Crippen LogP contribution in [-0.2, 0) is 0 Å². The second-order valence-corrected chi connectivity index (χ2v) is 6.73. The smallest absolute Gasteiger partial charge is 0.258 e. The zero-order chi connectivity index (χ0) is 16.6. The molecule has 0 saturated carbocycles. The normalized spacial score (nSPS) is 11.4. The van der Waals surface area contributed by atoms with Crippen LogP contribution < -0.4 is 0 Å². The van der Waals surface area contributed by atoms with E-state index >= 15 is 0 Å². The van der Waals surface area contributed by atoms with Gasteiger partial charge in [0.05, 0.1) is 15.1 Å². The lowest BCUT2D eigenvalue weighted by molar-refractivity contribution is -0.384. The van der Waals surface area contributed by atoms with Crippen molar-refractivity contribution in [1.29, 1.82) is 0 Å². The van der Waals surface area contributed by atoms with E-state index in [9.17, 15) is 10.1 Å². The van der Waals surface area contributed by atoms with Crippen LogP contribution in [0, 0.1) is 24.0 Å². The van der Waals surface area contributed by atoms with Gasteiger partial charge in [0.1, 0.15) is 10.0 Å². The van der Waals surface area contributed by atoms with E-state index in [0.717, 1.165) is 15.2 Å². The van der Waals surface area contributed by atoms with Crippen LogP contribution in [0.25, 0.3) is 22.4 Å². The molecule has 116 valence electrons.